The Labute approximate surface area is 355 Å². The van der Waals surface area contributed by atoms with Gasteiger partial charge in [0.15, 0.2) is 11.6 Å². The highest BCUT2D eigenvalue weighted by Crippen LogP contribution is 2.52. The number of thiophene rings is 2. The van der Waals surface area contributed by atoms with Gasteiger partial charge in [-0.25, -0.2) is 4.98 Å². The van der Waals surface area contributed by atoms with E-state index in [2.05, 4.69) is 201 Å². The van der Waals surface area contributed by atoms with Crippen LogP contribution in [0.5, 0.6) is 0 Å². The van der Waals surface area contributed by atoms with Crippen LogP contribution in [0.2, 0.25) is 0 Å². The maximum atomic E-state index is 5.55. The number of hydrogen-bond donors (Lipinski definition) is 0. The zero-order valence-electron chi connectivity index (χ0n) is 32.9. The zero-order valence-corrected chi connectivity index (χ0v) is 34.6. The van der Waals surface area contributed by atoms with Crippen LogP contribution in [0.1, 0.15) is 25.0 Å². The molecule has 0 spiro atoms. The standard InChI is InChI=1S/C54H36N4S2/c1-54(2)43-21-9-6-16-37(43)39-19-12-20-41(50(39)54)52-55-51(35-28-31-47-42(32-35)38-17-7-10-23-45(38)59-47)56-53(57-52)58(36-29-26-34(27-30-36)33-14-4-3-5-15-33)44-22-13-25-48-49(44)40-18-8-11-24-46(40)60-48/h3-32H,1-2H3. The average Bonchev–Trinajstić information content (AvgIpc) is 3.95. The molecule has 8 aromatic carbocycles. The molecule has 6 heteroatoms. The van der Waals surface area contributed by atoms with Gasteiger partial charge < -0.3 is 0 Å². The molecule has 3 aromatic heterocycles. The highest BCUT2D eigenvalue weighted by atomic mass is 32.1. The Morgan fingerprint density at radius 2 is 1.03 bits per heavy atom. The molecule has 0 radical (unpaired) electrons. The predicted molar refractivity (Wildman–Crippen MR) is 254 cm³/mol. The van der Waals surface area contributed by atoms with Crippen LogP contribution in [-0.2, 0) is 5.41 Å². The van der Waals surface area contributed by atoms with Gasteiger partial charge in [0.2, 0.25) is 5.95 Å². The average molecular weight is 805 g/mol. The van der Waals surface area contributed by atoms with Gasteiger partial charge in [-0.2, -0.15) is 9.97 Å². The minimum atomic E-state index is -0.266. The van der Waals surface area contributed by atoms with Gasteiger partial charge >= 0.3 is 0 Å². The molecule has 60 heavy (non-hydrogen) atoms. The summed E-state index contributed by atoms with van der Waals surface area (Å²) in [4.78, 5) is 18.7. The Balaban J connectivity index is 1.14. The molecule has 0 aliphatic heterocycles. The molecule has 0 N–H and O–H groups in total. The largest absolute Gasteiger partial charge is 0.278 e. The van der Waals surface area contributed by atoms with Crippen LogP contribution < -0.4 is 4.90 Å². The Kier molecular flexibility index (Phi) is 7.89. The van der Waals surface area contributed by atoms with E-state index in [1.165, 1.54) is 68.2 Å². The number of nitrogens with zero attached hydrogens (tertiary/aromatic N) is 4. The van der Waals surface area contributed by atoms with Crippen molar-refractivity contribution in [2.75, 3.05) is 4.90 Å². The molecule has 1 aliphatic rings. The summed E-state index contributed by atoms with van der Waals surface area (Å²) >= 11 is 3.63. The smallest absolute Gasteiger partial charge is 0.238 e. The predicted octanol–water partition coefficient (Wildman–Crippen LogP) is 15.4. The van der Waals surface area contributed by atoms with Gasteiger partial charge in [0.1, 0.15) is 0 Å². The fraction of sp³-hybridized carbons (Fsp3) is 0.0556. The van der Waals surface area contributed by atoms with E-state index in [9.17, 15) is 0 Å². The summed E-state index contributed by atoms with van der Waals surface area (Å²) in [5.74, 6) is 1.84. The molecule has 0 saturated heterocycles. The summed E-state index contributed by atoms with van der Waals surface area (Å²) in [7, 11) is 0. The van der Waals surface area contributed by atoms with E-state index in [4.69, 9.17) is 15.0 Å². The van der Waals surface area contributed by atoms with Crippen LogP contribution in [0.4, 0.5) is 17.3 Å². The van der Waals surface area contributed by atoms with Gasteiger partial charge in [-0.05, 0) is 88.0 Å². The van der Waals surface area contributed by atoms with E-state index in [1.807, 2.05) is 22.7 Å². The van der Waals surface area contributed by atoms with Crippen LogP contribution >= 0.6 is 22.7 Å². The summed E-state index contributed by atoms with van der Waals surface area (Å²) in [6, 6.07) is 65.2. The van der Waals surface area contributed by atoms with Gasteiger partial charge in [-0.3, -0.25) is 4.90 Å². The molecular formula is C54H36N4S2. The van der Waals surface area contributed by atoms with Gasteiger partial charge in [-0.1, -0.05) is 141 Å². The summed E-state index contributed by atoms with van der Waals surface area (Å²) in [6.07, 6.45) is 0. The van der Waals surface area contributed by atoms with Crippen molar-refractivity contribution in [3.05, 3.63) is 193 Å². The molecule has 3 heterocycles. The molecular weight excluding hydrogens is 769 g/mol. The first-order valence-corrected chi connectivity index (χ1v) is 21.9. The summed E-state index contributed by atoms with van der Waals surface area (Å²) in [6.45, 7) is 4.64. The lowest BCUT2D eigenvalue weighted by Crippen LogP contribution is -2.18. The summed E-state index contributed by atoms with van der Waals surface area (Å²) in [5.41, 5.74) is 11.0. The number of fused-ring (bicyclic) bond motifs is 9. The number of aromatic nitrogens is 3. The highest BCUT2D eigenvalue weighted by Gasteiger charge is 2.38. The van der Waals surface area contributed by atoms with E-state index >= 15 is 0 Å². The first kappa shape index (κ1) is 35.0. The number of rotatable bonds is 6. The van der Waals surface area contributed by atoms with E-state index < -0.39 is 0 Å². The topological polar surface area (TPSA) is 41.9 Å². The lowest BCUT2D eigenvalue weighted by Gasteiger charge is -2.26. The number of benzene rings is 8. The van der Waals surface area contributed by atoms with Gasteiger partial charge in [0, 0.05) is 62.6 Å². The van der Waals surface area contributed by atoms with Crippen molar-refractivity contribution in [3.8, 4) is 45.0 Å². The molecule has 12 rings (SSSR count). The quantitative estimate of drug-likeness (QED) is 0.168. The SMILES string of the molecule is CC1(C)c2ccccc2-c2cccc(-c3nc(-c4ccc5sc6ccccc6c5c4)nc(N(c4ccc(-c5ccccc5)cc4)c4cccc5sc6ccccc6c45)n3)c21. The number of anilines is 3. The second-order valence-corrected chi connectivity index (χ2v) is 18.2. The first-order chi connectivity index (χ1) is 29.5. The minimum absolute atomic E-state index is 0.266. The van der Waals surface area contributed by atoms with Crippen molar-refractivity contribution in [1.82, 2.24) is 15.0 Å². The third kappa shape index (κ3) is 5.45. The van der Waals surface area contributed by atoms with Crippen molar-refractivity contribution in [2.45, 2.75) is 19.3 Å². The summed E-state index contributed by atoms with van der Waals surface area (Å²) < 4.78 is 4.97. The molecule has 0 bridgehead atoms. The first-order valence-electron chi connectivity index (χ1n) is 20.3. The molecule has 0 unspecified atom stereocenters. The fourth-order valence-electron chi connectivity index (χ4n) is 9.35. The Bertz CT molecular complexity index is 3470. The maximum absolute atomic E-state index is 5.55. The monoisotopic (exact) mass is 804 g/mol. The second-order valence-electron chi connectivity index (χ2n) is 16.0. The molecule has 0 saturated carbocycles. The normalized spacial score (nSPS) is 13.0. The van der Waals surface area contributed by atoms with Crippen molar-refractivity contribution in [3.63, 3.8) is 0 Å². The van der Waals surface area contributed by atoms with E-state index in [0.29, 0.717) is 17.6 Å². The van der Waals surface area contributed by atoms with Crippen LogP contribution in [0.25, 0.3) is 85.4 Å². The molecule has 284 valence electrons. The zero-order chi connectivity index (χ0) is 40.0. The van der Waals surface area contributed by atoms with Crippen LogP contribution in [0.3, 0.4) is 0 Å². The lowest BCUT2D eigenvalue weighted by molar-refractivity contribution is 0.661. The fourth-order valence-corrected chi connectivity index (χ4v) is 11.6. The van der Waals surface area contributed by atoms with Crippen LogP contribution in [-0.4, -0.2) is 15.0 Å². The van der Waals surface area contributed by atoms with E-state index in [1.54, 1.807) is 0 Å². The molecule has 11 aromatic rings. The van der Waals surface area contributed by atoms with Crippen molar-refractivity contribution < 1.29 is 0 Å². The van der Waals surface area contributed by atoms with Crippen molar-refractivity contribution in [1.29, 1.82) is 0 Å². The Hall–Kier alpha value is -6.99. The molecule has 0 atom stereocenters. The Morgan fingerprint density at radius 3 is 1.88 bits per heavy atom. The molecule has 0 fully saturated rings. The lowest BCUT2D eigenvalue weighted by atomic mass is 9.80. The highest BCUT2D eigenvalue weighted by molar-refractivity contribution is 7.26. The van der Waals surface area contributed by atoms with E-state index in [0.717, 1.165) is 28.1 Å². The van der Waals surface area contributed by atoms with Crippen molar-refractivity contribution >= 4 is 80.3 Å². The van der Waals surface area contributed by atoms with Gasteiger partial charge in [-0.15, -0.1) is 22.7 Å². The second kappa shape index (κ2) is 13.5. The Morgan fingerprint density at radius 1 is 0.433 bits per heavy atom. The molecule has 0 amide bonds. The minimum Gasteiger partial charge on any atom is -0.278 e. The van der Waals surface area contributed by atoms with Gasteiger partial charge in [0.05, 0.1) is 5.69 Å². The summed E-state index contributed by atoms with van der Waals surface area (Å²) in [5, 5.41) is 4.84. The van der Waals surface area contributed by atoms with Crippen molar-refractivity contribution in [2.24, 2.45) is 0 Å². The third-order valence-electron chi connectivity index (χ3n) is 12.1. The molecule has 4 nitrogen and oxygen atoms in total. The van der Waals surface area contributed by atoms with E-state index in [-0.39, 0.29) is 5.41 Å². The molecule has 1 aliphatic carbocycles. The van der Waals surface area contributed by atoms with Crippen LogP contribution in [0.15, 0.2) is 182 Å². The third-order valence-corrected chi connectivity index (χ3v) is 14.4. The maximum Gasteiger partial charge on any atom is 0.238 e. The van der Waals surface area contributed by atoms with Gasteiger partial charge in [0.25, 0.3) is 0 Å². The number of hydrogen-bond acceptors (Lipinski definition) is 6. The van der Waals surface area contributed by atoms with Crippen LogP contribution in [0, 0.1) is 0 Å².